The average molecular weight is 136 g/mol. The Hall–Kier alpha value is -1.65. The Morgan fingerprint density at radius 1 is 1.40 bits per heavy atom. The van der Waals surface area contributed by atoms with Gasteiger partial charge in [0, 0.05) is 11.5 Å². The molecule has 0 bridgehead atoms. The van der Waals surface area contributed by atoms with Gasteiger partial charge in [-0.1, -0.05) is 0 Å². The summed E-state index contributed by atoms with van der Waals surface area (Å²) in [5.41, 5.74) is 1.38. The van der Waals surface area contributed by atoms with Crippen molar-refractivity contribution in [3.05, 3.63) is 18.5 Å². The molecule has 0 fully saturated rings. The summed E-state index contributed by atoms with van der Waals surface area (Å²) in [5.74, 6) is 0. The summed E-state index contributed by atoms with van der Waals surface area (Å²) in [6, 6.07) is 1.79. The Balaban J connectivity index is 2.48. The van der Waals surface area contributed by atoms with Crippen molar-refractivity contribution in [1.29, 1.82) is 0 Å². The van der Waals surface area contributed by atoms with E-state index in [1.807, 2.05) is 0 Å². The van der Waals surface area contributed by atoms with Crippen LogP contribution in [-0.2, 0) is 0 Å². The average Bonchev–Trinajstić information content (AvgIpc) is 2.59. The first-order valence-electron chi connectivity index (χ1n) is 2.74. The second-order valence-electron chi connectivity index (χ2n) is 1.75. The van der Waals surface area contributed by atoms with Crippen LogP contribution in [0, 0.1) is 0 Å². The molecule has 0 saturated heterocycles. The zero-order valence-corrected chi connectivity index (χ0v) is 4.98. The lowest BCUT2D eigenvalue weighted by molar-refractivity contribution is 0.393. The lowest BCUT2D eigenvalue weighted by atomic mass is 10.3. The number of hydrogen-bond donors (Lipinski definition) is 1. The van der Waals surface area contributed by atoms with Gasteiger partial charge >= 0.3 is 0 Å². The van der Waals surface area contributed by atoms with Gasteiger partial charge in [-0.15, -0.1) is 5.10 Å². The maximum atomic E-state index is 4.52. The second kappa shape index (κ2) is 1.94. The van der Waals surface area contributed by atoms with E-state index in [1.54, 1.807) is 12.3 Å². The van der Waals surface area contributed by atoms with E-state index in [0.717, 1.165) is 5.69 Å². The van der Waals surface area contributed by atoms with E-state index >= 15 is 0 Å². The number of hydrogen-bond acceptors (Lipinski definition) is 4. The van der Waals surface area contributed by atoms with Gasteiger partial charge in [0.1, 0.15) is 5.69 Å². The predicted molar refractivity (Wildman–Crippen MR) is 31.9 cm³/mol. The van der Waals surface area contributed by atoms with Gasteiger partial charge in [0.2, 0.25) is 0 Å². The first kappa shape index (κ1) is 5.16. The van der Waals surface area contributed by atoms with Crippen molar-refractivity contribution >= 4 is 0 Å². The van der Waals surface area contributed by atoms with Crippen LogP contribution in [-0.4, -0.2) is 20.6 Å². The highest BCUT2D eigenvalue weighted by atomic mass is 16.5. The molecule has 0 saturated carbocycles. The molecule has 50 valence electrons. The summed E-state index contributed by atoms with van der Waals surface area (Å²) in [4.78, 5) is 0. The molecule has 5 nitrogen and oxygen atoms in total. The smallest absolute Gasteiger partial charge is 0.154 e. The van der Waals surface area contributed by atoms with Crippen molar-refractivity contribution in [2.45, 2.75) is 0 Å². The van der Waals surface area contributed by atoms with Crippen molar-refractivity contribution in [2.75, 3.05) is 0 Å². The third-order valence-corrected chi connectivity index (χ3v) is 1.12. The van der Waals surface area contributed by atoms with Crippen LogP contribution in [0.5, 0.6) is 0 Å². The van der Waals surface area contributed by atoms with Crippen LogP contribution in [0.3, 0.4) is 0 Å². The number of nitrogens with one attached hydrogen (secondary N) is 1. The molecule has 0 aliphatic heterocycles. The molecule has 2 rings (SSSR count). The van der Waals surface area contributed by atoms with E-state index in [4.69, 9.17) is 0 Å². The summed E-state index contributed by atoms with van der Waals surface area (Å²) in [6.07, 6.45) is 3.15. The number of H-pyrrole nitrogens is 1. The fourth-order valence-corrected chi connectivity index (χ4v) is 0.679. The Morgan fingerprint density at radius 3 is 3.00 bits per heavy atom. The summed E-state index contributed by atoms with van der Waals surface area (Å²) < 4.78 is 4.52. The minimum Gasteiger partial charge on any atom is -0.345 e. The summed E-state index contributed by atoms with van der Waals surface area (Å²) in [7, 11) is 0. The van der Waals surface area contributed by atoms with Crippen molar-refractivity contribution in [3.63, 3.8) is 0 Å². The number of rotatable bonds is 1. The monoisotopic (exact) mass is 136 g/mol. The first-order valence-corrected chi connectivity index (χ1v) is 2.74. The molecule has 0 aromatic carbocycles. The van der Waals surface area contributed by atoms with Crippen molar-refractivity contribution < 1.29 is 4.52 Å². The van der Waals surface area contributed by atoms with E-state index in [9.17, 15) is 0 Å². The van der Waals surface area contributed by atoms with Gasteiger partial charge in [-0.2, -0.15) is 5.10 Å². The van der Waals surface area contributed by atoms with Gasteiger partial charge < -0.3 is 4.52 Å². The van der Waals surface area contributed by atoms with Crippen LogP contribution in [0.25, 0.3) is 11.4 Å². The molecule has 0 radical (unpaired) electrons. The molecule has 0 amide bonds. The molecule has 2 heterocycles. The Labute approximate surface area is 56.0 Å². The van der Waals surface area contributed by atoms with Crippen molar-refractivity contribution in [3.8, 4) is 11.4 Å². The molecule has 0 aliphatic carbocycles. The topological polar surface area (TPSA) is 67.6 Å². The summed E-state index contributed by atoms with van der Waals surface area (Å²) in [6.45, 7) is 0. The Morgan fingerprint density at radius 2 is 2.40 bits per heavy atom. The highest BCUT2D eigenvalue weighted by Gasteiger charge is 2.01. The van der Waals surface area contributed by atoms with Gasteiger partial charge in [-0.25, -0.2) is 0 Å². The third-order valence-electron chi connectivity index (χ3n) is 1.12. The second-order valence-corrected chi connectivity index (χ2v) is 1.75. The standard InChI is InChI=1S/C5H4N4O/c1-2-6-7-4(1)5-3-10-9-8-5/h1-3H,(H,6,7). The minimum absolute atomic E-state index is 0.640. The summed E-state index contributed by atoms with van der Waals surface area (Å²) in [5, 5.41) is 13.5. The van der Waals surface area contributed by atoms with E-state index < -0.39 is 0 Å². The van der Waals surface area contributed by atoms with Crippen LogP contribution in [0.2, 0.25) is 0 Å². The zero-order valence-electron chi connectivity index (χ0n) is 4.98. The molecular weight excluding hydrogens is 132 g/mol. The number of aromatic amines is 1. The van der Waals surface area contributed by atoms with Crippen LogP contribution < -0.4 is 0 Å². The number of nitrogens with zero attached hydrogens (tertiary/aromatic N) is 3. The van der Waals surface area contributed by atoms with Gasteiger partial charge in [0.15, 0.2) is 12.0 Å². The normalized spacial score (nSPS) is 10.0. The molecule has 2 aromatic rings. The molecule has 1 N–H and O–H groups in total. The van der Waals surface area contributed by atoms with Crippen LogP contribution >= 0.6 is 0 Å². The van der Waals surface area contributed by atoms with Gasteiger partial charge in [0.05, 0.1) is 0 Å². The predicted octanol–water partition coefficient (Wildman–Crippen LogP) is 0.460. The zero-order chi connectivity index (χ0) is 6.81. The molecule has 0 unspecified atom stereocenters. The maximum absolute atomic E-state index is 4.52. The fraction of sp³-hybridized carbons (Fsp3) is 0. The van der Waals surface area contributed by atoms with E-state index in [-0.39, 0.29) is 0 Å². The van der Waals surface area contributed by atoms with Crippen molar-refractivity contribution in [1.82, 2.24) is 20.6 Å². The Bertz CT molecular complexity index is 253. The van der Waals surface area contributed by atoms with Crippen LogP contribution in [0.1, 0.15) is 0 Å². The maximum Gasteiger partial charge on any atom is 0.154 e. The van der Waals surface area contributed by atoms with Crippen LogP contribution in [0.15, 0.2) is 23.0 Å². The van der Waals surface area contributed by atoms with Gasteiger partial charge in [0.25, 0.3) is 0 Å². The molecule has 10 heavy (non-hydrogen) atoms. The minimum atomic E-state index is 0.640. The largest absolute Gasteiger partial charge is 0.345 e. The van der Waals surface area contributed by atoms with Crippen molar-refractivity contribution in [2.24, 2.45) is 0 Å². The van der Waals surface area contributed by atoms with E-state index in [0.29, 0.717) is 5.69 Å². The molecule has 0 spiro atoms. The van der Waals surface area contributed by atoms with Gasteiger partial charge in [-0.05, 0) is 6.07 Å². The molecule has 5 heteroatoms. The number of aromatic nitrogens is 4. The molecule has 0 aliphatic rings. The lowest BCUT2D eigenvalue weighted by Crippen LogP contribution is -1.76. The lowest BCUT2D eigenvalue weighted by Gasteiger charge is -1.78. The molecule has 2 aromatic heterocycles. The third kappa shape index (κ3) is 0.680. The highest BCUT2D eigenvalue weighted by Crippen LogP contribution is 2.09. The molecule has 0 atom stereocenters. The van der Waals surface area contributed by atoms with Crippen LogP contribution in [0.4, 0.5) is 0 Å². The fourth-order valence-electron chi connectivity index (χ4n) is 0.679. The Kier molecular flexibility index (Phi) is 1.00. The summed E-state index contributed by atoms with van der Waals surface area (Å²) >= 11 is 0. The SMILES string of the molecule is c1cc(-c2conn2)n[nH]1. The highest BCUT2D eigenvalue weighted by molar-refractivity contribution is 5.49. The molecular formula is C5H4N4O. The van der Waals surface area contributed by atoms with E-state index in [2.05, 4.69) is 25.1 Å². The van der Waals surface area contributed by atoms with E-state index in [1.165, 1.54) is 6.26 Å². The quantitative estimate of drug-likeness (QED) is 0.618. The van der Waals surface area contributed by atoms with Gasteiger partial charge in [-0.3, -0.25) is 5.10 Å². The first-order chi connectivity index (χ1) is 4.97.